The highest BCUT2D eigenvalue weighted by molar-refractivity contribution is 6.35. The summed E-state index contributed by atoms with van der Waals surface area (Å²) in [7, 11) is 0. The molecule has 0 spiro atoms. The molecule has 0 saturated heterocycles. The molecule has 1 aliphatic rings. The Bertz CT molecular complexity index is 377. The van der Waals surface area contributed by atoms with Gasteiger partial charge in [-0.15, -0.1) is 0 Å². The van der Waals surface area contributed by atoms with Crippen LogP contribution in [-0.4, -0.2) is 21.9 Å². The SMILES string of the molecule is Nc1ncnc(NC2CC(F)(F)C2)c1Cl. The second kappa shape index (κ2) is 3.44. The third kappa shape index (κ3) is 2.09. The number of nitrogens with one attached hydrogen (secondary N) is 1. The number of hydrogen-bond donors (Lipinski definition) is 2. The molecule has 82 valence electrons. The fourth-order valence-electron chi connectivity index (χ4n) is 1.44. The maximum absolute atomic E-state index is 12.5. The van der Waals surface area contributed by atoms with Crippen molar-refractivity contribution in [1.82, 2.24) is 9.97 Å². The largest absolute Gasteiger partial charge is 0.382 e. The summed E-state index contributed by atoms with van der Waals surface area (Å²) in [5, 5.41) is 2.97. The first-order chi connectivity index (χ1) is 6.98. The first-order valence-electron chi connectivity index (χ1n) is 4.38. The van der Waals surface area contributed by atoms with Crippen LogP contribution >= 0.6 is 11.6 Å². The van der Waals surface area contributed by atoms with Crippen LogP contribution in [0.1, 0.15) is 12.8 Å². The molecule has 1 aromatic heterocycles. The Balaban J connectivity index is 2.03. The van der Waals surface area contributed by atoms with E-state index in [0.717, 1.165) is 0 Å². The molecule has 0 aromatic carbocycles. The van der Waals surface area contributed by atoms with Gasteiger partial charge in [-0.3, -0.25) is 0 Å². The van der Waals surface area contributed by atoms with E-state index >= 15 is 0 Å². The number of nitrogens with zero attached hydrogens (tertiary/aromatic N) is 2. The molecule has 2 rings (SSSR count). The minimum atomic E-state index is -2.57. The fourth-order valence-corrected chi connectivity index (χ4v) is 1.59. The van der Waals surface area contributed by atoms with Gasteiger partial charge in [0.15, 0.2) is 5.82 Å². The molecule has 1 aliphatic carbocycles. The predicted molar refractivity (Wildman–Crippen MR) is 53.0 cm³/mol. The van der Waals surface area contributed by atoms with Crippen molar-refractivity contribution in [3.05, 3.63) is 11.3 Å². The molecule has 15 heavy (non-hydrogen) atoms. The van der Waals surface area contributed by atoms with Crippen LogP contribution in [0.3, 0.4) is 0 Å². The second-order valence-corrected chi connectivity index (χ2v) is 3.90. The maximum atomic E-state index is 12.5. The van der Waals surface area contributed by atoms with Gasteiger partial charge < -0.3 is 11.1 Å². The molecular weight excluding hydrogens is 226 g/mol. The van der Waals surface area contributed by atoms with Crippen LogP contribution in [0.2, 0.25) is 5.02 Å². The van der Waals surface area contributed by atoms with E-state index in [1.807, 2.05) is 0 Å². The summed E-state index contributed by atoms with van der Waals surface area (Å²) in [6.45, 7) is 0. The van der Waals surface area contributed by atoms with Crippen molar-refractivity contribution < 1.29 is 8.78 Å². The highest BCUT2D eigenvalue weighted by Crippen LogP contribution is 2.39. The molecule has 4 nitrogen and oxygen atoms in total. The van der Waals surface area contributed by atoms with Gasteiger partial charge in [0.1, 0.15) is 17.2 Å². The highest BCUT2D eigenvalue weighted by Gasteiger charge is 2.45. The molecule has 0 aliphatic heterocycles. The van der Waals surface area contributed by atoms with Crippen molar-refractivity contribution in [2.24, 2.45) is 0 Å². The predicted octanol–water partition coefficient (Wildman–Crippen LogP) is 1.92. The van der Waals surface area contributed by atoms with Gasteiger partial charge in [0.25, 0.3) is 5.92 Å². The van der Waals surface area contributed by atoms with Crippen LogP contribution in [-0.2, 0) is 0 Å². The van der Waals surface area contributed by atoms with Crippen molar-refractivity contribution in [3.63, 3.8) is 0 Å². The number of halogens is 3. The molecule has 7 heteroatoms. The Morgan fingerprint density at radius 3 is 2.73 bits per heavy atom. The van der Waals surface area contributed by atoms with Gasteiger partial charge >= 0.3 is 0 Å². The van der Waals surface area contributed by atoms with Crippen LogP contribution in [0.4, 0.5) is 20.4 Å². The molecule has 0 bridgehead atoms. The standard InChI is InChI=1S/C8H9ClF2N4/c9-5-6(12)13-3-14-7(5)15-4-1-8(10,11)2-4/h3-4H,1-2H2,(H3,12,13,14,15). The molecule has 0 radical (unpaired) electrons. The van der Waals surface area contributed by atoms with Crippen LogP contribution in [0.25, 0.3) is 0 Å². The Hall–Kier alpha value is -1.17. The van der Waals surface area contributed by atoms with E-state index in [-0.39, 0.29) is 29.7 Å². The smallest absolute Gasteiger partial charge is 0.252 e. The van der Waals surface area contributed by atoms with Gasteiger partial charge in [-0.25, -0.2) is 18.7 Å². The monoisotopic (exact) mass is 234 g/mol. The molecule has 1 saturated carbocycles. The van der Waals surface area contributed by atoms with E-state index < -0.39 is 5.92 Å². The number of alkyl halides is 2. The lowest BCUT2D eigenvalue weighted by atomic mass is 9.88. The molecule has 0 amide bonds. The number of anilines is 2. The highest BCUT2D eigenvalue weighted by atomic mass is 35.5. The summed E-state index contributed by atoms with van der Waals surface area (Å²) in [6, 6.07) is -0.299. The molecule has 0 unspecified atom stereocenters. The van der Waals surface area contributed by atoms with Gasteiger partial charge in [-0.05, 0) is 0 Å². The summed E-state index contributed by atoms with van der Waals surface area (Å²) in [4.78, 5) is 7.50. The third-order valence-corrected chi connectivity index (χ3v) is 2.62. The molecule has 1 aromatic rings. The first kappa shape index (κ1) is 10.4. The van der Waals surface area contributed by atoms with Gasteiger partial charge in [-0.2, -0.15) is 0 Å². The minimum absolute atomic E-state index is 0.139. The van der Waals surface area contributed by atoms with Crippen molar-refractivity contribution >= 4 is 23.2 Å². The molecule has 0 atom stereocenters. The number of nitrogen functional groups attached to an aromatic ring is 1. The Morgan fingerprint density at radius 1 is 1.47 bits per heavy atom. The van der Waals surface area contributed by atoms with Crippen LogP contribution in [0, 0.1) is 0 Å². The number of aromatic nitrogens is 2. The zero-order chi connectivity index (χ0) is 11.1. The zero-order valence-corrected chi connectivity index (χ0v) is 8.43. The summed E-state index contributed by atoms with van der Waals surface area (Å²) in [6.07, 6.45) is 0.834. The summed E-state index contributed by atoms with van der Waals surface area (Å²) >= 11 is 5.79. The third-order valence-electron chi connectivity index (χ3n) is 2.25. The normalized spacial score (nSPS) is 19.7. The Kier molecular flexibility index (Phi) is 2.38. The number of rotatable bonds is 2. The lowest BCUT2D eigenvalue weighted by Crippen LogP contribution is -2.44. The van der Waals surface area contributed by atoms with Crippen molar-refractivity contribution in [2.45, 2.75) is 24.8 Å². The van der Waals surface area contributed by atoms with E-state index in [4.69, 9.17) is 17.3 Å². The Labute approximate surface area is 89.8 Å². The maximum Gasteiger partial charge on any atom is 0.252 e. The van der Waals surface area contributed by atoms with E-state index in [1.165, 1.54) is 6.33 Å². The van der Waals surface area contributed by atoms with Crippen molar-refractivity contribution in [3.8, 4) is 0 Å². The summed E-state index contributed by atoms with van der Waals surface area (Å²) < 4.78 is 25.1. The Morgan fingerprint density at radius 2 is 2.13 bits per heavy atom. The van der Waals surface area contributed by atoms with E-state index in [0.29, 0.717) is 5.82 Å². The quantitative estimate of drug-likeness (QED) is 0.821. The summed E-state index contributed by atoms with van der Waals surface area (Å²) in [5.74, 6) is -2.12. The van der Waals surface area contributed by atoms with Gasteiger partial charge in [-0.1, -0.05) is 11.6 Å². The first-order valence-corrected chi connectivity index (χ1v) is 4.76. The van der Waals surface area contributed by atoms with Gasteiger partial charge in [0.2, 0.25) is 0 Å². The molecular formula is C8H9ClF2N4. The fraction of sp³-hybridized carbons (Fsp3) is 0.500. The van der Waals surface area contributed by atoms with Crippen molar-refractivity contribution in [1.29, 1.82) is 0 Å². The molecule has 1 fully saturated rings. The average molecular weight is 235 g/mol. The minimum Gasteiger partial charge on any atom is -0.382 e. The van der Waals surface area contributed by atoms with Gasteiger partial charge in [0.05, 0.1) is 0 Å². The summed E-state index contributed by atoms with van der Waals surface area (Å²) in [5.41, 5.74) is 5.44. The van der Waals surface area contributed by atoms with E-state index in [1.54, 1.807) is 0 Å². The second-order valence-electron chi connectivity index (χ2n) is 3.53. The van der Waals surface area contributed by atoms with Crippen LogP contribution in [0.5, 0.6) is 0 Å². The molecule has 3 N–H and O–H groups in total. The van der Waals surface area contributed by atoms with Crippen LogP contribution in [0.15, 0.2) is 6.33 Å². The van der Waals surface area contributed by atoms with E-state index in [2.05, 4.69) is 15.3 Å². The van der Waals surface area contributed by atoms with Gasteiger partial charge in [0, 0.05) is 18.9 Å². The lowest BCUT2D eigenvalue weighted by molar-refractivity contribution is -0.0794. The number of nitrogens with two attached hydrogens (primary N) is 1. The lowest BCUT2D eigenvalue weighted by Gasteiger charge is -2.35. The number of hydrogen-bond acceptors (Lipinski definition) is 4. The zero-order valence-electron chi connectivity index (χ0n) is 7.67. The van der Waals surface area contributed by atoms with E-state index in [9.17, 15) is 8.78 Å². The van der Waals surface area contributed by atoms with Crippen molar-refractivity contribution in [2.75, 3.05) is 11.1 Å². The van der Waals surface area contributed by atoms with Crippen LogP contribution < -0.4 is 11.1 Å². The molecule has 1 heterocycles. The topological polar surface area (TPSA) is 63.8 Å². The average Bonchev–Trinajstić information content (AvgIpc) is 2.10.